The first kappa shape index (κ1) is 24.5. The zero-order chi connectivity index (χ0) is 27.0. The highest BCUT2D eigenvalue weighted by atomic mass is 15.5. The van der Waals surface area contributed by atoms with Gasteiger partial charge < -0.3 is 9.80 Å². The van der Waals surface area contributed by atoms with Crippen molar-refractivity contribution in [1.29, 1.82) is 0 Å². The van der Waals surface area contributed by atoms with Crippen LogP contribution in [0, 0.1) is 5.92 Å². The van der Waals surface area contributed by atoms with Gasteiger partial charge in [-0.3, -0.25) is 4.99 Å². The van der Waals surface area contributed by atoms with Gasteiger partial charge in [0, 0.05) is 17.7 Å². The molecule has 0 radical (unpaired) electrons. The third-order valence-corrected chi connectivity index (χ3v) is 11.9. The van der Waals surface area contributed by atoms with Crippen LogP contribution in [0.15, 0.2) is 106 Å². The Hall–Kier alpha value is -3.07. The van der Waals surface area contributed by atoms with Gasteiger partial charge in [0.15, 0.2) is 0 Å². The van der Waals surface area contributed by atoms with Gasteiger partial charge in [-0.1, -0.05) is 91.8 Å². The Kier molecular flexibility index (Phi) is 5.67. The molecule has 1 saturated heterocycles. The molecule has 41 heavy (non-hydrogen) atoms. The van der Waals surface area contributed by atoms with Gasteiger partial charge in [0.1, 0.15) is 5.84 Å². The van der Waals surface area contributed by atoms with E-state index in [2.05, 4.69) is 88.7 Å². The largest absolute Gasteiger partial charge is 0.364 e. The second-order valence-electron chi connectivity index (χ2n) is 13.8. The molecule has 7 unspecified atom stereocenters. The minimum atomic E-state index is 0.207. The summed E-state index contributed by atoms with van der Waals surface area (Å²) in [6.45, 7) is 0. The van der Waals surface area contributed by atoms with Gasteiger partial charge in [0.2, 0.25) is 0 Å². The molecule has 5 aliphatic carbocycles. The Balaban J connectivity index is 1.01. The molecule has 7 atom stereocenters. The molecule has 1 spiro atoms. The molecule has 1 aromatic carbocycles. The van der Waals surface area contributed by atoms with Crippen LogP contribution in [0.25, 0.3) is 0 Å². The van der Waals surface area contributed by atoms with Crippen molar-refractivity contribution < 1.29 is 0 Å². The Bertz CT molecular complexity index is 1450. The van der Waals surface area contributed by atoms with Gasteiger partial charge in [-0.2, -0.15) is 0 Å². The smallest absolute Gasteiger partial charge is 0.128 e. The Morgan fingerprint density at radius 1 is 0.927 bits per heavy atom. The third-order valence-electron chi connectivity index (χ3n) is 11.9. The lowest BCUT2D eigenvalue weighted by Gasteiger charge is -2.41. The van der Waals surface area contributed by atoms with E-state index >= 15 is 0 Å². The molecule has 3 heteroatoms. The van der Waals surface area contributed by atoms with Crippen LogP contribution in [0.1, 0.15) is 88.5 Å². The van der Waals surface area contributed by atoms with Crippen molar-refractivity contribution >= 4 is 5.84 Å². The van der Waals surface area contributed by atoms with E-state index in [1.807, 2.05) is 0 Å². The highest BCUT2D eigenvalue weighted by Gasteiger charge is 2.71. The fraction of sp³-hybridized carbons (Fsp3) is 0.500. The Morgan fingerprint density at radius 3 is 2.76 bits per heavy atom. The zero-order valence-corrected chi connectivity index (χ0v) is 24.3. The first-order valence-electron chi connectivity index (χ1n) is 16.7. The fourth-order valence-corrected chi connectivity index (χ4v) is 10.0. The van der Waals surface area contributed by atoms with E-state index in [-0.39, 0.29) is 5.54 Å². The highest BCUT2D eigenvalue weighted by molar-refractivity contribution is 6.04. The van der Waals surface area contributed by atoms with Crippen LogP contribution in [-0.2, 0) is 0 Å². The topological polar surface area (TPSA) is 18.6 Å². The van der Waals surface area contributed by atoms with Crippen LogP contribution in [0.3, 0.4) is 0 Å². The first-order valence-corrected chi connectivity index (χ1v) is 16.7. The summed E-state index contributed by atoms with van der Waals surface area (Å²) in [6.07, 6.45) is 34.8. The zero-order valence-electron chi connectivity index (χ0n) is 24.3. The summed E-state index contributed by atoms with van der Waals surface area (Å²) in [5.41, 5.74) is 8.16. The van der Waals surface area contributed by atoms with Crippen molar-refractivity contribution in [2.75, 3.05) is 0 Å². The van der Waals surface area contributed by atoms with E-state index in [1.54, 1.807) is 16.8 Å². The summed E-state index contributed by atoms with van der Waals surface area (Å²) in [7, 11) is 0. The number of fused-ring (bicyclic) bond motifs is 3. The Labute approximate surface area is 245 Å². The number of amidine groups is 1. The van der Waals surface area contributed by atoms with E-state index in [9.17, 15) is 0 Å². The summed E-state index contributed by atoms with van der Waals surface area (Å²) in [5.74, 6) is 2.74. The lowest BCUT2D eigenvalue weighted by Crippen LogP contribution is -2.43. The molecule has 1 aromatic rings. The van der Waals surface area contributed by atoms with Gasteiger partial charge in [0.25, 0.3) is 0 Å². The standard InChI is InChI=1S/C38H43N3/c1-2-11-26(12-3-1)27-20-22-28(23-21-27)36-38-24-9-8-19-35(38)41(38)37(39-36)29-13-10-14-30(25-29)40-33-17-6-4-15-31(33)32-16-5-7-18-34(32)40/h1-4,8,10-15,19,22,27,30,32,34-36H,5-7,9,16-18,20-21,23-25H2. The molecule has 8 aliphatic rings. The van der Waals surface area contributed by atoms with E-state index in [0.29, 0.717) is 30.1 Å². The van der Waals surface area contributed by atoms with Gasteiger partial charge in [-0.05, 0) is 92.4 Å². The van der Waals surface area contributed by atoms with Crippen LogP contribution in [0.5, 0.6) is 0 Å². The molecule has 0 aromatic heterocycles. The number of nitrogens with zero attached hydrogens (tertiary/aromatic N) is 3. The molecule has 210 valence electrons. The molecule has 1 saturated carbocycles. The maximum Gasteiger partial charge on any atom is 0.128 e. The van der Waals surface area contributed by atoms with E-state index in [4.69, 9.17) is 4.99 Å². The number of allylic oxidation sites excluding steroid dienone is 7. The number of rotatable bonds is 4. The fourth-order valence-electron chi connectivity index (χ4n) is 10.0. The van der Waals surface area contributed by atoms with Crippen molar-refractivity contribution in [3.8, 4) is 0 Å². The Morgan fingerprint density at radius 2 is 1.85 bits per heavy atom. The summed E-state index contributed by atoms with van der Waals surface area (Å²) < 4.78 is 0. The normalized spacial score (nSPS) is 38.6. The number of hydrogen-bond acceptors (Lipinski definition) is 3. The van der Waals surface area contributed by atoms with Gasteiger partial charge in [-0.15, -0.1) is 0 Å². The third kappa shape index (κ3) is 3.66. The maximum atomic E-state index is 5.66. The van der Waals surface area contributed by atoms with E-state index < -0.39 is 0 Å². The van der Waals surface area contributed by atoms with E-state index in [1.165, 1.54) is 81.2 Å². The van der Waals surface area contributed by atoms with Crippen LogP contribution in [-0.4, -0.2) is 45.3 Å². The van der Waals surface area contributed by atoms with Crippen LogP contribution < -0.4 is 0 Å². The maximum absolute atomic E-state index is 5.66. The molecule has 3 aliphatic heterocycles. The van der Waals surface area contributed by atoms with Crippen molar-refractivity contribution in [2.45, 2.75) is 113 Å². The second kappa shape index (κ2) is 9.48. The average Bonchev–Trinajstić information content (AvgIpc) is 3.43. The van der Waals surface area contributed by atoms with E-state index in [0.717, 1.165) is 18.8 Å². The second-order valence-corrected chi connectivity index (χ2v) is 13.8. The molecule has 0 N–H and O–H groups in total. The molecule has 3 nitrogen and oxygen atoms in total. The minimum absolute atomic E-state index is 0.207. The monoisotopic (exact) mass is 541 g/mol. The molecular formula is C38H43N3. The van der Waals surface area contributed by atoms with Crippen LogP contribution in [0.4, 0.5) is 0 Å². The summed E-state index contributed by atoms with van der Waals surface area (Å²) in [4.78, 5) is 11.3. The first-order chi connectivity index (χ1) is 20.3. The lowest BCUT2D eigenvalue weighted by molar-refractivity contribution is 0.158. The SMILES string of the molecule is C1=CC(N2C3=C(C=CCC3)C3CCCCC32)CC(C2=NC(C3=CCC(c4ccccc4)CC3)C34CCC=CC3N24)=C1. The predicted molar refractivity (Wildman–Crippen MR) is 168 cm³/mol. The molecule has 2 fully saturated rings. The summed E-state index contributed by atoms with van der Waals surface area (Å²) in [6, 6.07) is 13.2. The molecular weight excluding hydrogens is 498 g/mol. The number of benzene rings is 1. The van der Waals surface area contributed by atoms with Crippen molar-refractivity contribution in [2.24, 2.45) is 10.9 Å². The van der Waals surface area contributed by atoms with Crippen molar-refractivity contribution in [3.63, 3.8) is 0 Å². The van der Waals surface area contributed by atoms with Crippen molar-refractivity contribution in [3.05, 3.63) is 107 Å². The lowest BCUT2D eigenvalue weighted by atomic mass is 9.77. The summed E-state index contributed by atoms with van der Waals surface area (Å²) >= 11 is 0. The van der Waals surface area contributed by atoms with Crippen molar-refractivity contribution in [1.82, 2.24) is 9.80 Å². The number of hydrogen-bond donors (Lipinski definition) is 0. The molecule has 9 rings (SSSR count). The predicted octanol–water partition coefficient (Wildman–Crippen LogP) is 8.17. The van der Waals surface area contributed by atoms with Gasteiger partial charge in [0.05, 0.1) is 23.7 Å². The molecule has 0 amide bonds. The average molecular weight is 542 g/mol. The highest BCUT2D eigenvalue weighted by Crippen LogP contribution is 2.59. The van der Waals surface area contributed by atoms with Gasteiger partial charge >= 0.3 is 0 Å². The summed E-state index contributed by atoms with van der Waals surface area (Å²) in [5, 5.41) is 0. The van der Waals surface area contributed by atoms with Crippen LogP contribution >= 0.6 is 0 Å². The number of aliphatic imine (C=N–C) groups is 1. The molecule has 3 heterocycles. The molecule has 0 bridgehead atoms. The quantitative estimate of drug-likeness (QED) is 0.283. The minimum Gasteiger partial charge on any atom is -0.364 e. The van der Waals surface area contributed by atoms with Gasteiger partial charge in [-0.25, -0.2) is 0 Å². The van der Waals surface area contributed by atoms with Crippen LogP contribution in [0.2, 0.25) is 0 Å².